The number of carbonyl (C=O) groups excluding carboxylic acids is 1. The van der Waals surface area contributed by atoms with Crippen molar-refractivity contribution < 1.29 is 45.1 Å². The molecule has 11 heteroatoms. The third kappa shape index (κ3) is 8.56. The molecule has 1 fully saturated rings. The van der Waals surface area contributed by atoms with Crippen molar-refractivity contribution in [3.8, 4) is 11.5 Å². The summed E-state index contributed by atoms with van der Waals surface area (Å²) in [5.74, 6) is -2.72. The average Bonchev–Trinajstić information content (AvgIpc) is 2.63. The van der Waals surface area contributed by atoms with E-state index in [0.717, 1.165) is 50.3 Å². The Bertz CT molecular complexity index is 845. The molecule has 7 nitrogen and oxygen atoms in total. The number of ether oxygens (including phenoxy) is 3. The van der Waals surface area contributed by atoms with Crippen LogP contribution in [0.15, 0.2) is 18.2 Å². The molecular formula is C20H26F3O7S-. The maximum atomic E-state index is 12.9. The molecule has 0 unspecified atom stereocenters. The highest BCUT2D eigenvalue weighted by atomic mass is 32.2. The molecule has 0 amide bonds. The predicted molar refractivity (Wildman–Crippen MR) is 104 cm³/mol. The van der Waals surface area contributed by atoms with Gasteiger partial charge in [0, 0.05) is 0 Å². The molecule has 1 aromatic rings. The lowest BCUT2D eigenvalue weighted by molar-refractivity contribution is -0.275. The van der Waals surface area contributed by atoms with Crippen LogP contribution in [0.2, 0.25) is 0 Å². The second-order valence-corrected chi connectivity index (χ2v) is 9.04. The molecule has 31 heavy (non-hydrogen) atoms. The second kappa shape index (κ2) is 10.5. The van der Waals surface area contributed by atoms with E-state index in [9.17, 15) is 30.9 Å². The second-order valence-electron chi connectivity index (χ2n) is 7.51. The molecule has 0 radical (unpaired) electrons. The topological polar surface area (TPSA) is 102 Å². The molecule has 0 saturated heterocycles. The van der Waals surface area contributed by atoms with Crippen LogP contribution in [0.5, 0.6) is 11.5 Å². The van der Waals surface area contributed by atoms with E-state index in [1.165, 1.54) is 0 Å². The number of rotatable bonds is 8. The largest absolute Gasteiger partial charge is 0.748 e. The van der Waals surface area contributed by atoms with Gasteiger partial charge in [-0.25, -0.2) is 13.2 Å². The SMILES string of the molecule is CCC1(Oc2cc(C(=O)OCCS(=O)(=O)[O-])ccc2OC(F)(F)F)CCCCCCC1. The van der Waals surface area contributed by atoms with Crippen molar-refractivity contribution in [2.24, 2.45) is 0 Å². The van der Waals surface area contributed by atoms with Crippen LogP contribution >= 0.6 is 0 Å². The third-order valence-electron chi connectivity index (χ3n) is 5.21. The zero-order valence-electron chi connectivity index (χ0n) is 17.2. The van der Waals surface area contributed by atoms with Crippen LogP contribution in [0.3, 0.4) is 0 Å². The molecule has 1 aromatic carbocycles. The number of hydrogen-bond donors (Lipinski definition) is 0. The van der Waals surface area contributed by atoms with Gasteiger partial charge < -0.3 is 18.8 Å². The van der Waals surface area contributed by atoms with E-state index in [2.05, 4.69) is 4.74 Å². The van der Waals surface area contributed by atoms with E-state index in [4.69, 9.17) is 9.47 Å². The van der Waals surface area contributed by atoms with Crippen LogP contribution in [0.1, 0.15) is 68.6 Å². The predicted octanol–water partition coefficient (Wildman–Crippen LogP) is 4.56. The van der Waals surface area contributed by atoms with Gasteiger partial charge in [0.25, 0.3) is 0 Å². The van der Waals surface area contributed by atoms with Crippen LogP contribution < -0.4 is 9.47 Å². The fraction of sp³-hybridized carbons (Fsp3) is 0.650. The molecule has 0 aliphatic heterocycles. The lowest BCUT2D eigenvalue weighted by Crippen LogP contribution is -2.36. The van der Waals surface area contributed by atoms with Gasteiger partial charge in [0.1, 0.15) is 12.2 Å². The first-order valence-corrected chi connectivity index (χ1v) is 11.7. The normalized spacial score (nSPS) is 17.3. The van der Waals surface area contributed by atoms with Gasteiger partial charge >= 0.3 is 12.3 Å². The summed E-state index contributed by atoms with van der Waals surface area (Å²) in [4.78, 5) is 12.2. The van der Waals surface area contributed by atoms with Crippen molar-refractivity contribution >= 4 is 16.1 Å². The summed E-state index contributed by atoms with van der Waals surface area (Å²) >= 11 is 0. The Kier molecular flexibility index (Phi) is 8.58. The van der Waals surface area contributed by atoms with E-state index in [-0.39, 0.29) is 11.3 Å². The first-order chi connectivity index (χ1) is 14.4. The van der Waals surface area contributed by atoms with E-state index >= 15 is 0 Å². The highest BCUT2D eigenvalue weighted by Gasteiger charge is 2.36. The van der Waals surface area contributed by atoms with Gasteiger partial charge in [-0.15, -0.1) is 13.2 Å². The molecule has 2 rings (SSSR count). The van der Waals surface area contributed by atoms with Crippen molar-refractivity contribution in [2.75, 3.05) is 12.4 Å². The van der Waals surface area contributed by atoms with Gasteiger partial charge in [0.05, 0.1) is 21.4 Å². The lowest BCUT2D eigenvalue weighted by atomic mass is 9.85. The standard InChI is InChI=1S/C20H27F3O7S/c1-2-19(10-6-4-3-5-7-11-19)29-17-14-15(8-9-16(17)30-20(21,22)23)18(24)28-12-13-31(25,26)27/h8-9,14H,2-7,10-13H2,1H3,(H,25,26,27)/p-1. The number of alkyl halides is 3. The van der Waals surface area contributed by atoms with E-state index in [1.807, 2.05) is 6.92 Å². The van der Waals surface area contributed by atoms with Gasteiger partial charge in [0.2, 0.25) is 0 Å². The molecule has 176 valence electrons. The minimum Gasteiger partial charge on any atom is -0.748 e. The van der Waals surface area contributed by atoms with Crippen molar-refractivity contribution in [3.05, 3.63) is 23.8 Å². The Morgan fingerprint density at radius 3 is 2.26 bits per heavy atom. The van der Waals surface area contributed by atoms with Crippen LogP contribution in [-0.2, 0) is 14.9 Å². The fourth-order valence-electron chi connectivity index (χ4n) is 3.55. The van der Waals surface area contributed by atoms with Crippen molar-refractivity contribution in [1.82, 2.24) is 0 Å². The summed E-state index contributed by atoms with van der Waals surface area (Å²) in [5, 5.41) is 0. The smallest absolute Gasteiger partial charge is 0.573 e. The number of esters is 1. The van der Waals surface area contributed by atoms with Crippen LogP contribution in [0, 0.1) is 0 Å². The highest BCUT2D eigenvalue weighted by molar-refractivity contribution is 7.85. The van der Waals surface area contributed by atoms with Crippen molar-refractivity contribution in [2.45, 2.75) is 70.3 Å². The van der Waals surface area contributed by atoms with Gasteiger partial charge in [-0.1, -0.05) is 26.2 Å². The Labute approximate surface area is 179 Å². The van der Waals surface area contributed by atoms with Gasteiger partial charge in [-0.2, -0.15) is 0 Å². The summed E-state index contributed by atoms with van der Waals surface area (Å²) in [5.41, 5.74) is -0.839. The number of carbonyl (C=O) groups is 1. The summed E-state index contributed by atoms with van der Waals surface area (Å²) < 4.78 is 85.4. The monoisotopic (exact) mass is 467 g/mol. The quantitative estimate of drug-likeness (QED) is 0.408. The van der Waals surface area contributed by atoms with Crippen molar-refractivity contribution in [3.63, 3.8) is 0 Å². The zero-order chi connectivity index (χ0) is 23.1. The van der Waals surface area contributed by atoms with Crippen LogP contribution in [-0.4, -0.2) is 43.3 Å². The third-order valence-corrected chi connectivity index (χ3v) is 5.87. The molecule has 1 saturated carbocycles. The summed E-state index contributed by atoms with van der Waals surface area (Å²) in [6, 6.07) is 3.10. The molecule has 0 bridgehead atoms. The first kappa shape index (κ1) is 25.3. The summed E-state index contributed by atoms with van der Waals surface area (Å²) in [6.07, 6.45) is 1.78. The Hall–Kier alpha value is -2.01. The molecule has 1 aliphatic rings. The minimum absolute atomic E-state index is 0.148. The molecule has 0 aromatic heterocycles. The molecular weight excluding hydrogens is 441 g/mol. The maximum Gasteiger partial charge on any atom is 0.573 e. The molecule has 1 aliphatic carbocycles. The average molecular weight is 467 g/mol. The van der Waals surface area contributed by atoms with E-state index in [0.29, 0.717) is 19.3 Å². The molecule has 0 spiro atoms. The summed E-state index contributed by atoms with van der Waals surface area (Å²) in [7, 11) is -4.57. The van der Waals surface area contributed by atoms with Gasteiger partial charge in [0.15, 0.2) is 11.5 Å². The van der Waals surface area contributed by atoms with E-state index < -0.39 is 46.2 Å². The fourth-order valence-corrected chi connectivity index (χ4v) is 3.84. The lowest BCUT2D eigenvalue weighted by Gasteiger charge is -2.36. The van der Waals surface area contributed by atoms with Crippen LogP contribution in [0.4, 0.5) is 13.2 Å². The minimum atomic E-state index is -4.96. The zero-order valence-corrected chi connectivity index (χ0v) is 18.0. The van der Waals surface area contributed by atoms with Gasteiger partial charge in [-0.05, 0) is 50.3 Å². The first-order valence-electron chi connectivity index (χ1n) is 10.1. The summed E-state index contributed by atoms with van der Waals surface area (Å²) in [6.45, 7) is 1.23. The van der Waals surface area contributed by atoms with Gasteiger partial charge in [-0.3, -0.25) is 0 Å². The number of hydrogen-bond acceptors (Lipinski definition) is 7. The molecule has 0 N–H and O–H groups in total. The van der Waals surface area contributed by atoms with Crippen molar-refractivity contribution in [1.29, 1.82) is 0 Å². The van der Waals surface area contributed by atoms with Crippen LogP contribution in [0.25, 0.3) is 0 Å². The molecule has 0 heterocycles. The number of halogens is 3. The Morgan fingerprint density at radius 2 is 1.71 bits per heavy atom. The molecule has 0 atom stereocenters. The van der Waals surface area contributed by atoms with E-state index in [1.54, 1.807) is 0 Å². The maximum absolute atomic E-state index is 12.9. The Balaban J connectivity index is 2.29. The Morgan fingerprint density at radius 1 is 1.10 bits per heavy atom. The number of benzene rings is 1. The highest BCUT2D eigenvalue weighted by Crippen LogP contribution is 2.40.